The Hall–Kier alpha value is -4.59. The number of carbonyl (C=O) groups excluding carboxylic acids is 2. The number of aromatic nitrogens is 4. The van der Waals surface area contributed by atoms with E-state index in [0.717, 1.165) is 17.5 Å². The maximum atomic E-state index is 13.3. The van der Waals surface area contributed by atoms with Gasteiger partial charge in [0, 0.05) is 13.0 Å². The SMILES string of the molecule is Nc1nc2c(ncn2[C@@H]2O[C@H](C(=O)N[C@H](Cc3ccccc3)C(=O)NCCCc3ccccc3)[C@@H](O)[C@H]2O)c(=O)[nH]1. The van der Waals surface area contributed by atoms with Gasteiger partial charge in [0.2, 0.25) is 11.9 Å². The predicted molar refractivity (Wildman–Crippen MR) is 148 cm³/mol. The number of rotatable bonds is 10. The number of nitrogens with zero attached hydrogens (tertiary/aromatic N) is 3. The Morgan fingerprint density at radius 2 is 1.73 bits per heavy atom. The van der Waals surface area contributed by atoms with Crippen LogP contribution in [0, 0.1) is 0 Å². The summed E-state index contributed by atoms with van der Waals surface area (Å²) < 4.78 is 6.97. The molecule has 1 saturated heterocycles. The predicted octanol–water partition coefficient (Wildman–Crippen LogP) is -0.202. The molecule has 1 fully saturated rings. The fraction of sp³-hybridized carbons (Fsp3) is 0.321. The van der Waals surface area contributed by atoms with Crippen LogP contribution in [0.15, 0.2) is 71.8 Å². The third-order valence-electron chi connectivity index (χ3n) is 6.92. The number of imidazole rings is 1. The number of ether oxygens (including phenoxy) is 1. The van der Waals surface area contributed by atoms with Crippen molar-refractivity contribution in [1.82, 2.24) is 30.2 Å². The van der Waals surface area contributed by atoms with Gasteiger partial charge in [-0.1, -0.05) is 60.7 Å². The van der Waals surface area contributed by atoms with E-state index in [0.29, 0.717) is 13.0 Å². The van der Waals surface area contributed by atoms with Gasteiger partial charge in [-0.05, 0) is 24.0 Å². The molecule has 2 aromatic carbocycles. The smallest absolute Gasteiger partial charge is 0.280 e. The lowest BCUT2D eigenvalue weighted by atomic mass is 10.0. The highest BCUT2D eigenvalue weighted by atomic mass is 16.6. The van der Waals surface area contributed by atoms with Gasteiger partial charge in [0.05, 0.1) is 6.33 Å². The number of carbonyl (C=O) groups is 2. The van der Waals surface area contributed by atoms with Crippen LogP contribution < -0.4 is 21.9 Å². The molecule has 13 nitrogen and oxygen atoms in total. The van der Waals surface area contributed by atoms with Gasteiger partial charge in [0.1, 0.15) is 18.2 Å². The minimum Gasteiger partial charge on any atom is -0.387 e. The lowest BCUT2D eigenvalue weighted by Crippen LogP contribution is -2.53. The minimum atomic E-state index is -1.64. The number of amides is 2. The van der Waals surface area contributed by atoms with E-state index in [-0.39, 0.29) is 29.4 Å². The fourth-order valence-electron chi connectivity index (χ4n) is 4.82. The van der Waals surface area contributed by atoms with Crippen LogP contribution in [0.4, 0.5) is 5.95 Å². The van der Waals surface area contributed by atoms with Crippen molar-refractivity contribution in [3.8, 4) is 0 Å². The zero-order valence-corrected chi connectivity index (χ0v) is 22.0. The Kier molecular flexibility index (Phi) is 8.38. The van der Waals surface area contributed by atoms with Gasteiger partial charge in [0.15, 0.2) is 23.5 Å². The number of nitrogens with two attached hydrogens (primary N) is 1. The van der Waals surface area contributed by atoms with Crippen LogP contribution in [0.1, 0.15) is 23.8 Å². The molecule has 2 amide bonds. The third-order valence-corrected chi connectivity index (χ3v) is 6.92. The molecule has 0 unspecified atom stereocenters. The van der Waals surface area contributed by atoms with Crippen molar-refractivity contribution >= 4 is 28.9 Å². The first-order valence-corrected chi connectivity index (χ1v) is 13.2. The number of benzene rings is 2. The van der Waals surface area contributed by atoms with Crippen LogP contribution in [0.3, 0.4) is 0 Å². The first-order chi connectivity index (χ1) is 19.8. The number of aliphatic hydroxyl groups is 2. The van der Waals surface area contributed by atoms with E-state index >= 15 is 0 Å². The number of nitrogens with one attached hydrogen (secondary N) is 3. The van der Waals surface area contributed by atoms with Gasteiger partial charge in [-0.2, -0.15) is 4.98 Å². The summed E-state index contributed by atoms with van der Waals surface area (Å²) in [4.78, 5) is 49.0. The van der Waals surface area contributed by atoms with Gasteiger partial charge in [-0.25, -0.2) is 4.98 Å². The second-order valence-electron chi connectivity index (χ2n) is 9.83. The number of fused-ring (bicyclic) bond motifs is 1. The largest absolute Gasteiger partial charge is 0.387 e. The minimum absolute atomic E-state index is 0.0143. The van der Waals surface area contributed by atoms with Crippen molar-refractivity contribution in [3.05, 3.63) is 88.5 Å². The highest BCUT2D eigenvalue weighted by Crippen LogP contribution is 2.31. The first-order valence-electron chi connectivity index (χ1n) is 13.2. The summed E-state index contributed by atoms with van der Waals surface area (Å²) in [5.41, 5.74) is 7.00. The number of hydrogen-bond acceptors (Lipinski definition) is 9. The van der Waals surface area contributed by atoms with Gasteiger partial charge in [-0.3, -0.25) is 23.9 Å². The first kappa shape index (κ1) is 28.0. The molecule has 1 aliphatic heterocycles. The summed E-state index contributed by atoms with van der Waals surface area (Å²) in [6.07, 6.45) is -3.12. The maximum Gasteiger partial charge on any atom is 0.280 e. The van der Waals surface area contributed by atoms with Crippen molar-refractivity contribution in [2.75, 3.05) is 12.3 Å². The molecule has 214 valence electrons. The molecule has 0 radical (unpaired) electrons. The lowest BCUT2D eigenvalue weighted by molar-refractivity contribution is -0.140. The number of aryl methyl sites for hydroxylation is 1. The highest BCUT2D eigenvalue weighted by Gasteiger charge is 2.48. The topological polar surface area (TPSA) is 197 Å². The fourth-order valence-corrected chi connectivity index (χ4v) is 4.82. The van der Waals surface area contributed by atoms with E-state index in [1.54, 1.807) is 0 Å². The summed E-state index contributed by atoms with van der Waals surface area (Å²) in [5, 5.41) is 27.0. The second kappa shape index (κ2) is 12.3. The van der Waals surface area contributed by atoms with Gasteiger partial charge in [0.25, 0.3) is 11.5 Å². The van der Waals surface area contributed by atoms with E-state index in [1.807, 2.05) is 60.7 Å². The van der Waals surface area contributed by atoms with E-state index < -0.39 is 42.0 Å². The zero-order chi connectivity index (χ0) is 28.9. The van der Waals surface area contributed by atoms with Crippen LogP contribution >= 0.6 is 0 Å². The number of H-pyrrole nitrogens is 1. The van der Waals surface area contributed by atoms with Crippen LogP contribution in [0.2, 0.25) is 0 Å². The summed E-state index contributed by atoms with van der Waals surface area (Å²) in [6.45, 7) is 0.404. The Balaban J connectivity index is 1.28. The van der Waals surface area contributed by atoms with E-state index in [2.05, 4.69) is 25.6 Å². The normalized spacial score (nSPS) is 21.0. The van der Waals surface area contributed by atoms with Crippen molar-refractivity contribution in [2.24, 2.45) is 0 Å². The summed E-state index contributed by atoms with van der Waals surface area (Å²) >= 11 is 0. The standard InChI is InChI=1S/C28H31N7O6/c29-28-33-23-19(25(39)34-28)31-15-35(23)27-21(37)20(36)22(41-27)26(40)32-18(14-17-10-5-2-6-11-17)24(38)30-13-7-12-16-8-3-1-4-9-16/h1-6,8-11,15,18,20-22,27,36-37H,7,12-14H2,(H,30,38)(H,32,40)(H3,29,33,34,39)/t18-,20+,21-,22+,27-/m1/s1. The van der Waals surface area contributed by atoms with E-state index in [9.17, 15) is 24.6 Å². The molecule has 13 heteroatoms. The molecule has 0 spiro atoms. The maximum absolute atomic E-state index is 13.3. The quantitative estimate of drug-likeness (QED) is 0.142. The molecule has 4 aromatic rings. The van der Waals surface area contributed by atoms with Crippen LogP contribution in [0.5, 0.6) is 0 Å². The summed E-state index contributed by atoms with van der Waals surface area (Å²) in [7, 11) is 0. The molecule has 5 rings (SSSR count). The molecule has 7 N–H and O–H groups in total. The van der Waals surface area contributed by atoms with Gasteiger partial charge < -0.3 is 31.3 Å². The number of hydrogen-bond donors (Lipinski definition) is 6. The Labute approximate surface area is 234 Å². The molecule has 2 aromatic heterocycles. The monoisotopic (exact) mass is 561 g/mol. The molecule has 41 heavy (non-hydrogen) atoms. The zero-order valence-electron chi connectivity index (χ0n) is 22.0. The molecule has 5 atom stereocenters. The average Bonchev–Trinajstić information content (AvgIpc) is 3.52. The van der Waals surface area contributed by atoms with Crippen LogP contribution in [-0.4, -0.2) is 72.4 Å². The number of aliphatic hydroxyl groups excluding tert-OH is 2. The van der Waals surface area contributed by atoms with E-state index in [1.165, 1.54) is 10.9 Å². The second-order valence-corrected chi connectivity index (χ2v) is 9.83. The van der Waals surface area contributed by atoms with Crippen molar-refractivity contribution in [3.63, 3.8) is 0 Å². The number of nitrogen functional groups attached to an aromatic ring is 1. The average molecular weight is 562 g/mol. The van der Waals surface area contributed by atoms with Crippen molar-refractivity contribution < 1.29 is 24.5 Å². The molecule has 0 saturated carbocycles. The van der Waals surface area contributed by atoms with Crippen LogP contribution in [-0.2, 0) is 27.2 Å². The molecule has 1 aliphatic rings. The van der Waals surface area contributed by atoms with Crippen LogP contribution in [0.25, 0.3) is 11.2 Å². The Morgan fingerprint density at radius 1 is 1.05 bits per heavy atom. The lowest BCUT2D eigenvalue weighted by Gasteiger charge is -2.22. The number of anilines is 1. The van der Waals surface area contributed by atoms with E-state index in [4.69, 9.17) is 10.5 Å². The molecule has 0 aliphatic carbocycles. The molecular formula is C28H31N7O6. The highest BCUT2D eigenvalue weighted by molar-refractivity contribution is 5.90. The molecule has 3 heterocycles. The number of aromatic amines is 1. The van der Waals surface area contributed by atoms with Crippen molar-refractivity contribution in [1.29, 1.82) is 0 Å². The molecule has 0 bridgehead atoms. The Morgan fingerprint density at radius 3 is 2.44 bits per heavy atom. The summed E-state index contributed by atoms with van der Waals surface area (Å²) in [6, 6.07) is 18.1. The van der Waals surface area contributed by atoms with Gasteiger partial charge >= 0.3 is 0 Å². The van der Waals surface area contributed by atoms with Gasteiger partial charge in [-0.15, -0.1) is 0 Å². The van der Waals surface area contributed by atoms with Crippen molar-refractivity contribution in [2.45, 2.75) is 49.8 Å². The molecular weight excluding hydrogens is 530 g/mol. The summed E-state index contributed by atoms with van der Waals surface area (Å²) in [5.74, 6) is -1.35. The Bertz CT molecular complexity index is 1560. The third kappa shape index (κ3) is 6.27.